The maximum absolute atomic E-state index is 12.2. The Kier molecular flexibility index (Phi) is 5.31. The van der Waals surface area contributed by atoms with E-state index in [2.05, 4.69) is 10.3 Å². The van der Waals surface area contributed by atoms with Crippen molar-refractivity contribution >= 4 is 16.9 Å². The maximum Gasteiger partial charge on any atom is 0.336 e. The second-order valence-electron chi connectivity index (χ2n) is 5.94. The standard InChI is InChI=1S/C20H20N2O4/c1-3-15-9-19(23)26-18-10-16(6-7-17(15)18)25-13(2)20(24)22-12-14-5-4-8-21-11-14/h4-11,13H,3,12H2,1-2H3,(H,22,24). The molecule has 1 amide bonds. The molecular weight excluding hydrogens is 332 g/mol. The number of aryl methyl sites for hydroxylation is 1. The Morgan fingerprint density at radius 3 is 2.88 bits per heavy atom. The van der Waals surface area contributed by atoms with Gasteiger partial charge in [0.05, 0.1) is 0 Å². The van der Waals surface area contributed by atoms with Gasteiger partial charge in [-0.2, -0.15) is 0 Å². The van der Waals surface area contributed by atoms with Crippen molar-refractivity contribution in [1.29, 1.82) is 0 Å². The van der Waals surface area contributed by atoms with Gasteiger partial charge < -0.3 is 14.5 Å². The third kappa shape index (κ3) is 4.08. The lowest BCUT2D eigenvalue weighted by molar-refractivity contribution is -0.127. The molecule has 0 aliphatic carbocycles. The predicted octanol–water partition coefficient (Wildman–Crippen LogP) is 2.83. The van der Waals surface area contributed by atoms with Gasteiger partial charge in [0.15, 0.2) is 6.10 Å². The van der Waals surface area contributed by atoms with Gasteiger partial charge in [0.1, 0.15) is 11.3 Å². The van der Waals surface area contributed by atoms with E-state index in [0.29, 0.717) is 17.9 Å². The molecule has 3 aromatic rings. The molecule has 1 unspecified atom stereocenters. The lowest BCUT2D eigenvalue weighted by Crippen LogP contribution is -2.35. The molecule has 0 saturated carbocycles. The van der Waals surface area contributed by atoms with Crippen LogP contribution >= 0.6 is 0 Å². The zero-order chi connectivity index (χ0) is 18.5. The quantitative estimate of drug-likeness (QED) is 0.690. The number of benzene rings is 1. The summed E-state index contributed by atoms with van der Waals surface area (Å²) in [4.78, 5) is 27.9. The molecule has 0 aliphatic heterocycles. The molecule has 1 atom stereocenters. The summed E-state index contributed by atoms with van der Waals surface area (Å²) in [5, 5.41) is 3.67. The lowest BCUT2D eigenvalue weighted by atomic mass is 10.1. The number of pyridine rings is 1. The number of fused-ring (bicyclic) bond motifs is 1. The second-order valence-corrected chi connectivity index (χ2v) is 5.94. The van der Waals surface area contributed by atoms with Gasteiger partial charge in [-0.1, -0.05) is 13.0 Å². The summed E-state index contributed by atoms with van der Waals surface area (Å²) in [6.07, 6.45) is 3.42. The Morgan fingerprint density at radius 2 is 2.15 bits per heavy atom. The van der Waals surface area contributed by atoms with E-state index in [-0.39, 0.29) is 5.91 Å². The van der Waals surface area contributed by atoms with Crippen LogP contribution in [0, 0.1) is 0 Å². The number of nitrogens with one attached hydrogen (secondary N) is 1. The van der Waals surface area contributed by atoms with E-state index < -0.39 is 11.7 Å². The summed E-state index contributed by atoms with van der Waals surface area (Å²) < 4.78 is 10.9. The van der Waals surface area contributed by atoms with Crippen LogP contribution in [0.2, 0.25) is 0 Å². The van der Waals surface area contributed by atoms with Crippen LogP contribution in [0.4, 0.5) is 0 Å². The molecule has 2 aromatic heterocycles. The molecule has 6 heteroatoms. The highest BCUT2D eigenvalue weighted by Gasteiger charge is 2.15. The van der Waals surface area contributed by atoms with Crippen LogP contribution in [0.5, 0.6) is 5.75 Å². The van der Waals surface area contributed by atoms with Gasteiger partial charge in [-0.15, -0.1) is 0 Å². The third-order valence-corrected chi connectivity index (χ3v) is 4.05. The van der Waals surface area contributed by atoms with Crippen molar-refractivity contribution in [3.05, 3.63) is 70.3 Å². The van der Waals surface area contributed by atoms with Gasteiger partial charge >= 0.3 is 5.63 Å². The first kappa shape index (κ1) is 17.7. The number of rotatable bonds is 6. The minimum atomic E-state index is -0.690. The van der Waals surface area contributed by atoms with Crippen molar-refractivity contribution in [1.82, 2.24) is 10.3 Å². The zero-order valence-corrected chi connectivity index (χ0v) is 14.7. The first-order valence-corrected chi connectivity index (χ1v) is 8.47. The van der Waals surface area contributed by atoms with Gasteiger partial charge in [-0.25, -0.2) is 4.79 Å². The van der Waals surface area contributed by atoms with Crippen LogP contribution < -0.4 is 15.7 Å². The summed E-state index contributed by atoms with van der Waals surface area (Å²) in [7, 11) is 0. The molecule has 3 rings (SSSR count). The molecule has 0 spiro atoms. The Balaban J connectivity index is 1.69. The fourth-order valence-corrected chi connectivity index (χ4v) is 2.67. The number of amides is 1. The first-order valence-electron chi connectivity index (χ1n) is 8.47. The Morgan fingerprint density at radius 1 is 1.31 bits per heavy atom. The minimum absolute atomic E-state index is 0.238. The number of carbonyl (C=O) groups is 1. The molecule has 0 bridgehead atoms. The molecule has 26 heavy (non-hydrogen) atoms. The van der Waals surface area contributed by atoms with Crippen molar-refractivity contribution in [2.24, 2.45) is 0 Å². The van der Waals surface area contributed by atoms with Gasteiger partial charge in [0.25, 0.3) is 5.91 Å². The van der Waals surface area contributed by atoms with E-state index in [4.69, 9.17) is 9.15 Å². The van der Waals surface area contributed by atoms with Gasteiger partial charge in [0, 0.05) is 36.5 Å². The van der Waals surface area contributed by atoms with Crippen LogP contribution in [0.15, 0.2) is 58.0 Å². The average molecular weight is 352 g/mol. The van der Waals surface area contributed by atoms with E-state index >= 15 is 0 Å². The van der Waals surface area contributed by atoms with Crippen molar-refractivity contribution in [3.63, 3.8) is 0 Å². The van der Waals surface area contributed by atoms with Crippen LogP contribution in [0.25, 0.3) is 11.0 Å². The van der Waals surface area contributed by atoms with Crippen molar-refractivity contribution in [2.75, 3.05) is 0 Å². The van der Waals surface area contributed by atoms with Gasteiger partial charge in [0.2, 0.25) is 0 Å². The average Bonchev–Trinajstić information content (AvgIpc) is 2.65. The maximum atomic E-state index is 12.2. The highest BCUT2D eigenvalue weighted by molar-refractivity contribution is 5.83. The van der Waals surface area contributed by atoms with Crippen molar-refractivity contribution < 1.29 is 13.9 Å². The van der Waals surface area contributed by atoms with Crippen molar-refractivity contribution in [3.8, 4) is 5.75 Å². The smallest absolute Gasteiger partial charge is 0.336 e. The summed E-state index contributed by atoms with van der Waals surface area (Å²) in [6, 6.07) is 10.4. The monoisotopic (exact) mass is 352 g/mol. The number of carbonyl (C=O) groups excluding carboxylic acids is 1. The largest absolute Gasteiger partial charge is 0.481 e. The molecule has 6 nitrogen and oxygen atoms in total. The fraction of sp³-hybridized carbons (Fsp3) is 0.250. The summed E-state index contributed by atoms with van der Waals surface area (Å²) in [5.41, 5.74) is 1.89. The highest BCUT2D eigenvalue weighted by atomic mass is 16.5. The zero-order valence-electron chi connectivity index (χ0n) is 14.7. The Bertz CT molecular complexity index is 966. The van der Waals surface area contributed by atoms with E-state index in [1.165, 1.54) is 6.07 Å². The number of aromatic nitrogens is 1. The first-order chi connectivity index (χ1) is 12.6. The number of ether oxygens (including phenoxy) is 1. The summed E-state index contributed by atoms with van der Waals surface area (Å²) >= 11 is 0. The summed E-state index contributed by atoms with van der Waals surface area (Å²) in [5.74, 6) is 0.232. The number of hydrogen-bond donors (Lipinski definition) is 1. The van der Waals surface area contributed by atoms with E-state index in [9.17, 15) is 9.59 Å². The second kappa shape index (κ2) is 7.82. The van der Waals surface area contributed by atoms with Crippen LogP contribution in [-0.2, 0) is 17.8 Å². The van der Waals surface area contributed by atoms with E-state index in [0.717, 1.165) is 22.9 Å². The molecule has 1 aromatic carbocycles. The normalized spacial score (nSPS) is 11.9. The van der Waals surface area contributed by atoms with E-state index in [1.807, 2.05) is 25.1 Å². The molecule has 1 N–H and O–H groups in total. The van der Waals surface area contributed by atoms with E-state index in [1.54, 1.807) is 31.5 Å². The highest BCUT2D eigenvalue weighted by Crippen LogP contribution is 2.23. The van der Waals surface area contributed by atoms with Crippen LogP contribution in [0.3, 0.4) is 0 Å². The molecule has 0 radical (unpaired) electrons. The number of nitrogens with zero attached hydrogens (tertiary/aromatic N) is 1. The fourth-order valence-electron chi connectivity index (χ4n) is 2.67. The third-order valence-electron chi connectivity index (χ3n) is 4.05. The molecule has 2 heterocycles. The predicted molar refractivity (Wildman–Crippen MR) is 98.0 cm³/mol. The molecule has 0 aliphatic rings. The molecular formula is C20H20N2O4. The topological polar surface area (TPSA) is 81.4 Å². The Hall–Kier alpha value is -3.15. The van der Waals surface area contributed by atoms with Crippen molar-refractivity contribution in [2.45, 2.75) is 32.9 Å². The molecule has 0 fully saturated rings. The van der Waals surface area contributed by atoms with Crippen LogP contribution in [0.1, 0.15) is 25.0 Å². The molecule has 134 valence electrons. The van der Waals surface area contributed by atoms with Gasteiger partial charge in [-0.05, 0) is 42.7 Å². The number of hydrogen-bond acceptors (Lipinski definition) is 5. The Labute approximate surface area is 150 Å². The SMILES string of the molecule is CCc1cc(=O)oc2cc(OC(C)C(=O)NCc3cccnc3)ccc12. The lowest BCUT2D eigenvalue weighted by Gasteiger charge is -2.15. The summed E-state index contributed by atoms with van der Waals surface area (Å²) in [6.45, 7) is 4.03. The van der Waals surface area contributed by atoms with Crippen LogP contribution in [-0.4, -0.2) is 17.0 Å². The molecule has 0 saturated heterocycles. The minimum Gasteiger partial charge on any atom is -0.481 e. The van der Waals surface area contributed by atoms with Gasteiger partial charge in [-0.3, -0.25) is 9.78 Å².